The van der Waals surface area contributed by atoms with E-state index in [1.165, 1.54) is 12.3 Å². The van der Waals surface area contributed by atoms with E-state index in [1.807, 2.05) is 0 Å². The third-order valence-electron chi connectivity index (χ3n) is 2.14. The Balaban J connectivity index is 2.25. The number of nitrogens with one attached hydrogen (secondary N) is 1. The summed E-state index contributed by atoms with van der Waals surface area (Å²) in [6.07, 6.45) is 1.39. The summed E-state index contributed by atoms with van der Waals surface area (Å²) >= 11 is 17.3. The average Bonchev–Trinajstić information content (AvgIpc) is 2.26. The van der Waals surface area contributed by atoms with Crippen molar-refractivity contribution in [2.24, 2.45) is 0 Å². The van der Waals surface area contributed by atoms with E-state index in [4.69, 9.17) is 34.8 Å². The van der Waals surface area contributed by atoms with Crippen molar-refractivity contribution in [1.29, 1.82) is 0 Å². The predicted octanol–water partition coefficient (Wildman–Crippen LogP) is 3.39. The Morgan fingerprint density at radius 1 is 1.21 bits per heavy atom. The van der Waals surface area contributed by atoms with Crippen LogP contribution in [0.1, 0.15) is 16.1 Å². The number of carbonyl (C=O) groups excluding carboxylic acids is 1. The Labute approximate surface area is 123 Å². The standard InChI is InChI=1S/C11H7Cl3N4O/c1-5-2-7(12)6(4-15-5)10(19)17-9-3-8(13)16-11(14)18-9/h2-4H,1H3,(H,16,17,18,19). The van der Waals surface area contributed by atoms with Crippen molar-refractivity contribution < 1.29 is 4.79 Å². The number of carbonyl (C=O) groups is 1. The summed E-state index contributed by atoms with van der Waals surface area (Å²) in [6, 6.07) is 2.97. The van der Waals surface area contributed by atoms with Crippen LogP contribution in [0.2, 0.25) is 15.5 Å². The summed E-state index contributed by atoms with van der Waals surface area (Å²) in [5.74, 6) is -0.269. The molecule has 0 fully saturated rings. The van der Waals surface area contributed by atoms with E-state index in [2.05, 4.69) is 20.3 Å². The zero-order valence-corrected chi connectivity index (χ0v) is 11.9. The minimum atomic E-state index is -0.455. The van der Waals surface area contributed by atoms with Gasteiger partial charge in [0.2, 0.25) is 5.28 Å². The van der Waals surface area contributed by atoms with Gasteiger partial charge in [-0.05, 0) is 24.6 Å². The van der Waals surface area contributed by atoms with Gasteiger partial charge >= 0.3 is 0 Å². The van der Waals surface area contributed by atoms with Crippen LogP contribution in [-0.2, 0) is 0 Å². The lowest BCUT2D eigenvalue weighted by molar-refractivity contribution is 0.102. The smallest absolute Gasteiger partial charge is 0.259 e. The molecule has 2 aromatic heterocycles. The second-order valence-corrected chi connectivity index (χ2v) is 4.74. The molecule has 0 aliphatic rings. The molecule has 0 aliphatic carbocycles. The molecule has 8 heteroatoms. The largest absolute Gasteiger partial charge is 0.306 e. The van der Waals surface area contributed by atoms with Gasteiger partial charge in [-0.1, -0.05) is 23.2 Å². The van der Waals surface area contributed by atoms with Gasteiger partial charge in [-0.15, -0.1) is 0 Å². The van der Waals surface area contributed by atoms with Crippen LogP contribution in [-0.4, -0.2) is 20.9 Å². The first-order valence-electron chi connectivity index (χ1n) is 5.09. The Morgan fingerprint density at radius 3 is 2.58 bits per heavy atom. The van der Waals surface area contributed by atoms with E-state index < -0.39 is 5.91 Å². The maximum Gasteiger partial charge on any atom is 0.259 e. The number of aryl methyl sites for hydroxylation is 1. The molecule has 0 atom stereocenters. The molecule has 2 heterocycles. The second kappa shape index (κ2) is 5.69. The molecule has 5 nitrogen and oxygen atoms in total. The number of rotatable bonds is 2. The van der Waals surface area contributed by atoms with Crippen LogP contribution < -0.4 is 5.32 Å². The Kier molecular flexibility index (Phi) is 4.19. The highest BCUT2D eigenvalue weighted by Crippen LogP contribution is 2.19. The van der Waals surface area contributed by atoms with E-state index in [0.29, 0.717) is 5.02 Å². The van der Waals surface area contributed by atoms with Crippen molar-refractivity contribution in [2.75, 3.05) is 5.32 Å². The zero-order chi connectivity index (χ0) is 14.0. The molecule has 98 valence electrons. The van der Waals surface area contributed by atoms with Gasteiger partial charge in [-0.2, -0.15) is 0 Å². The van der Waals surface area contributed by atoms with Gasteiger partial charge in [-0.3, -0.25) is 9.78 Å². The maximum absolute atomic E-state index is 12.0. The van der Waals surface area contributed by atoms with E-state index >= 15 is 0 Å². The van der Waals surface area contributed by atoms with Crippen LogP contribution in [0, 0.1) is 6.92 Å². The molecular formula is C11H7Cl3N4O. The molecule has 0 spiro atoms. The summed E-state index contributed by atoms with van der Waals surface area (Å²) in [5.41, 5.74) is 0.952. The molecule has 1 N–H and O–H groups in total. The van der Waals surface area contributed by atoms with Crippen molar-refractivity contribution in [3.63, 3.8) is 0 Å². The van der Waals surface area contributed by atoms with E-state index in [-0.39, 0.29) is 21.8 Å². The first kappa shape index (κ1) is 14.0. The van der Waals surface area contributed by atoms with Gasteiger partial charge in [0, 0.05) is 18.0 Å². The molecule has 2 rings (SSSR count). The van der Waals surface area contributed by atoms with E-state index in [0.717, 1.165) is 5.69 Å². The highest BCUT2D eigenvalue weighted by molar-refractivity contribution is 6.34. The number of aromatic nitrogens is 3. The fraction of sp³-hybridized carbons (Fsp3) is 0.0909. The summed E-state index contributed by atoms with van der Waals surface area (Å²) in [7, 11) is 0. The van der Waals surface area contributed by atoms with Crippen LogP contribution in [0.5, 0.6) is 0 Å². The maximum atomic E-state index is 12.0. The van der Waals surface area contributed by atoms with Gasteiger partial charge in [0.05, 0.1) is 10.6 Å². The minimum Gasteiger partial charge on any atom is -0.306 e. The van der Waals surface area contributed by atoms with Gasteiger partial charge in [0.1, 0.15) is 11.0 Å². The lowest BCUT2D eigenvalue weighted by Gasteiger charge is -2.06. The van der Waals surface area contributed by atoms with Gasteiger partial charge in [0.25, 0.3) is 5.91 Å². The zero-order valence-electron chi connectivity index (χ0n) is 9.62. The van der Waals surface area contributed by atoms with E-state index in [1.54, 1.807) is 13.0 Å². The number of nitrogens with zero attached hydrogens (tertiary/aromatic N) is 3. The van der Waals surface area contributed by atoms with E-state index in [9.17, 15) is 4.79 Å². The van der Waals surface area contributed by atoms with Crippen LogP contribution in [0.4, 0.5) is 5.82 Å². The number of hydrogen-bond acceptors (Lipinski definition) is 4. The second-order valence-electron chi connectivity index (χ2n) is 3.60. The minimum absolute atomic E-state index is 0.0593. The van der Waals surface area contributed by atoms with Crippen molar-refractivity contribution in [3.05, 3.63) is 45.0 Å². The first-order chi connectivity index (χ1) is 8.95. The fourth-order valence-electron chi connectivity index (χ4n) is 1.33. The highest BCUT2D eigenvalue weighted by Gasteiger charge is 2.13. The molecule has 0 unspecified atom stereocenters. The SMILES string of the molecule is Cc1cc(Cl)c(C(=O)Nc2cc(Cl)nc(Cl)n2)cn1. The molecule has 0 aliphatic heterocycles. The average molecular weight is 318 g/mol. The molecule has 2 aromatic rings. The van der Waals surface area contributed by atoms with Crippen molar-refractivity contribution in [2.45, 2.75) is 6.92 Å². The van der Waals surface area contributed by atoms with Crippen LogP contribution in [0.25, 0.3) is 0 Å². The molecule has 1 amide bonds. The topological polar surface area (TPSA) is 67.8 Å². The van der Waals surface area contributed by atoms with Gasteiger partial charge in [0.15, 0.2) is 0 Å². The van der Waals surface area contributed by atoms with Crippen molar-refractivity contribution in [1.82, 2.24) is 15.0 Å². The van der Waals surface area contributed by atoms with Gasteiger partial charge in [-0.25, -0.2) is 9.97 Å². The number of amides is 1. The third kappa shape index (κ3) is 3.53. The molecule has 0 bridgehead atoms. The Morgan fingerprint density at radius 2 is 1.95 bits per heavy atom. The number of anilines is 1. The van der Waals surface area contributed by atoms with Gasteiger partial charge < -0.3 is 5.32 Å². The third-order valence-corrected chi connectivity index (χ3v) is 2.82. The molecule has 0 saturated heterocycles. The molecule has 19 heavy (non-hydrogen) atoms. The number of halogens is 3. The Hall–Kier alpha value is -1.43. The molecule has 0 aromatic carbocycles. The molecule has 0 saturated carbocycles. The number of pyridine rings is 1. The van der Waals surface area contributed by atoms with Crippen LogP contribution in [0.3, 0.4) is 0 Å². The normalized spacial score (nSPS) is 10.3. The fourth-order valence-corrected chi connectivity index (χ4v) is 2.03. The lowest BCUT2D eigenvalue weighted by atomic mass is 10.2. The molecular weight excluding hydrogens is 311 g/mol. The van der Waals surface area contributed by atoms with Crippen LogP contribution in [0.15, 0.2) is 18.3 Å². The summed E-state index contributed by atoms with van der Waals surface area (Å²) in [5, 5.41) is 2.89. The Bertz CT molecular complexity index is 628. The summed E-state index contributed by atoms with van der Waals surface area (Å²) in [6.45, 7) is 1.78. The summed E-state index contributed by atoms with van der Waals surface area (Å²) < 4.78 is 0. The number of hydrogen-bond donors (Lipinski definition) is 1. The van der Waals surface area contributed by atoms with Crippen molar-refractivity contribution in [3.8, 4) is 0 Å². The highest BCUT2D eigenvalue weighted by atomic mass is 35.5. The van der Waals surface area contributed by atoms with Crippen molar-refractivity contribution >= 4 is 46.5 Å². The summed E-state index contributed by atoms with van der Waals surface area (Å²) in [4.78, 5) is 23.5. The monoisotopic (exact) mass is 316 g/mol. The lowest BCUT2D eigenvalue weighted by Crippen LogP contribution is -2.14. The van der Waals surface area contributed by atoms with Crippen LogP contribution >= 0.6 is 34.8 Å². The molecule has 0 radical (unpaired) electrons. The quantitative estimate of drug-likeness (QED) is 0.681. The predicted molar refractivity (Wildman–Crippen MR) is 74.0 cm³/mol. The first-order valence-corrected chi connectivity index (χ1v) is 6.22.